The van der Waals surface area contributed by atoms with E-state index in [0.29, 0.717) is 12.1 Å². The highest BCUT2D eigenvalue weighted by Crippen LogP contribution is 2.20. The summed E-state index contributed by atoms with van der Waals surface area (Å²) >= 11 is 0. The molecule has 2 rings (SSSR count). The van der Waals surface area contributed by atoms with Crippen molar-refractivity contribution < 1.29 is 14.7 Å². The maximum atomic E-state index is 12.0. The molecule has 0 fully saturated rings. The lowest BCUT2D eigenvalue weighted by atomic mass is 10.0. The summed E-state index contributed by atoms with van der Waals surface area (Å²) in [6, 6.07) is 7.55. The highest BCUT2D eigenvalue weighted by molar-refractivity contribution is 6.39. The summed E-state index contributed by atoms with van der Waals surface area (Å²) in [7, 11) is 0. The Kier molecular flexibility index (Phi) is 5.98. The van der Waals surface area contributed by atoms with Crippen LogP contribution in [0, 0.1) is 5.92 Å². The molecule has 0 aliphatic heterocycles. The number of anilines is 1. The number of aryl methyl sites for hydroxylation is 1. The molecule has 130 valence electrons. The number of amides is 2. The number of rotatable bonds is 6. The molecule has 24 heavy (non-hydrogen) atoms. The molecule has 1 unspecified atom stereocenters. The van der Waals surface area contributed by atoms with Crippen molar-refractivity contribution in [3.8, 4) is 0 Å². The van der Waals surface area contributed by atoms with E-state index in [0.717, 1.165) is 17.4 Å². The van der Waals surface area contributed by atoms with Crippen molar-refractivity contribution in [2.75, 3.05) is 11.9 Å². The summed E-state index contributed by atoms with van der Waals surface area (Å²) < 4.78 is 2.07. The molecular formula is C18H25N3O3. The average molecular weight is 331 g/mol. The first-order chi connectivity index (χ1) is 11.4. The zero-order valence-electron chi connectivity index (χ0n) is 14.4. The molecule has 1 atom stereocenters. The summed E-state index contributed by atoms with van der Waals surface area (Å²) in [5, 5.41) is 15.9. The van der Waals surface area contributed by atoms with Crippen LogP contribution >= 0.6 is 0 Å². The Labute approximate surface area is 141 Å². The van der Waals surface area contributed by atoms with Gasteiger partial charge >= 0.3 is 11.8 Å². The number of aliphatic hydroxyl groups excluding tert-OH is 1. The van der Waals surface area contributed by atoms with Crippen LogP contribution in [0.4, 0.5) is 5.69 Å². The third kappa shape index (κ3) is 4.35. The van der Waals surface area contributed by atoms with Crippen molar-refractivity contribution in [1.82, 2.24) is 9.88 Å². The second-order valence-electron chi connectivity index (χ2n) is 6.19. The molecule has 0 aliphatic rings. The number of carbonyl (C=O) groups is 2. The van der Waals surface area contributed by atoms with Gasteiger partial charge in [-0.15, -0.1) is 0 Å². The lowest BCUT2D eigenvalue weighted by molar-refractivity contribution is -0.136. The zero-order valence-corrected chi connectivity index (χ0v) is 14.4. The van der Waals surface area contributed by atoms with Crippen molar-refractivity contribution in [3.05, 3.63) is 30.5 Å². The molecule has 0 radical (unpaired) electrons. The average Bonchev–Trinajstić information content (AvgIpc) is 2.96. The van der Waals surface area contributed by atoms with Crippen molar-refractivity contribution in [2.45, 2.75) is 39.8 Å². The Morgan fingerprint density at radius 1 is 1.21 bits per heavy atom. The van der Waals surface area contributed by atoms with Crippen LogP contribution in [0.5, 0.6) is 0 Å². The largest absolute Gasteiger partial charge is 0.393 e. The summed E-state index contributed by atoms with van der Waals surface area (Å²) in [5.41, 5.74) is 1.59. The lowest BCUT2D eigenvalue weighted by Crippen LogP contribution is -2.37. The molecular weight excluding hydrogens is 306 g/mol. The number of nitrogens with one attached hydrogen (secondary N) is 2. The molecule has 0 aliphatic carbocycles. The fraction of sp³-hybridized carbons (Fsp3) is 0.444. The van der Waals surface area contributed by atoms with E-state index in [9.17, 15) is 14.7 Å². The normalized spacial score (nSPS) is 12.4. The van der Waals surface area contributed by atoms with Gasteiger partial charge in [0.05, 0.1) is 11.6 Å². The van der Waals surface area contributed by atoms with Crippen molar-refractivity contribution in [3.63, 3.8) is 0 Å². The third-order valence-electron chi connectivity index (χ3n) is 4.07. The summed E-state index contributed by atoms with van der Waals surface area (Å²) in [6.07, 6.45) is 1.92. The van der Waals surface area contributed by atoms with Gasteiger partial charge in [-0.25, -0.2) is 0 Å². The Balaban J connectivity index is 1.92. The first kappa shape index (κ1) is 18.0. The highest BCUT2D eigenvalue weighted by Gasteiger charge is 2.15. The molecule has 6 heteroatoms. The number of fused-ring (bicyclic) bond motifs is 1. The minimum atomic E-state index is -0.706. The smallest absolute Gasteiger partial charge is 0.313 e. The molecule has 0 spiro atoms. The topological polar surface area (TPSA) is 83.4 Å². The molecule has 2 amide bonds. The molecule has 0 saturated carbocycles. The van der Waals surface area contributed by atoms with Crippen LogP contribution in [0.25, 0.3) is 10.9 Å². The van der Waals surface area contributed by atoms with E-state index in [1.165, 1.54) is 0 Å². The number of aromatic nitrogens is 1. The van der Waals surface area contributed by atoms with Gasteiger partial charge in [-0.2, -0.15) is 0 Å². The quantitative estimate of drug-likeness (QED) is 0.709. The monoisotopic (exact) mass is 331 g/mol. The minimum Gasteiger partial charge on any atom is -0.393 e. The number of nitrogens with zero attached hydrogens (tertiary/aromatic N) is 1. The second-order valence-corrected chi connectivity index (χ2v) is 6.19. The van der Waals surface area contributed by atoms with E-state index < -0.39 is 17.9 Å². The Morgan fingerprint density at radius 3 is 2.62 bits per heavy atom. The second kappa shape index (κ2) is 7.97. The van der Waals surface area contributed by atoms with E-state index >= 15 is 0 Å². The standard InChI is InChI=1S/C18H25N3O3/c1-4-21-10-8-13-5-6-14(11-15(13)21)20-18(24)17(23)19-9-7-16(22)12(2)3/h5-6,8,10-12,16,22H,4,7,9H2,1-3H3,(H,19,23)(H,20,24). The van der Waals surface area contributed by atoms with Gasteiger partial charge in [0.15, 0.2) is 0 Å². The molecule has 2 aromatic rings. The van der Waals surface area contributed by atoms with Gasteiger partial charge in [-0.3, -0.25) is 9.59 Å². The number of aliphatic hydroxyl groups is 1. The van der Waals surface area contributed by atoms with Crippen LogP contribution in [0.1, 0.15) is 27.2 Å². The van der Waals surface area contributed by atoms with E-state index in [1.54, 1.807) is 6.07 Å². The molecule has 1 aromatic carbocycles. The highest BCUT2D eigenvalue weighted by atomic mass is 16.3. The van der Waals surface area contributed by atoms with E-state index in [4.69, 9.17) is 0 Å². The van der Waals surface area contributed by atoms with E-state index in [1.807, 2.05) is 45.2 Å². The molecule has 1 heterocycles. The number of carbonyl (C=O) groups excluding carboxylic acids is 2. The SMILES string of the molecule is CCn1ccc2ccc(NC(=O)C(=O)NCCC(O)C(C)C)cc21. The van der Waals surface area contributed by atoms with Gasteiger partial charge in [0, 0.05) is 25.0 Å². The summed E-state index contributed by atoms with van der Waals surface area (Å²) in [5.74, 6) is -1.28. The fourth-order valence-corrected chi connectivity index (χ4v) is 2.47. The Bertz CT molecular complexity index is 721. The maximum absolute atomic E-state index is 12.0. The number of hydrogen-bond donors (Lipinski definition) is 3. The summed E-state index contributed by atoms with van der Waals surface area (Å²) in [4.78, 5) is 23.8. The van der Waals surface area contributed by atoms with E-state index in [2.05, 4.69) is 15.2 Å². The van der Waals surface area contributed by atoms with E-state index in [-0.39, 0.29) is 12.5 Å². The van der Waals surface area contributed by atoms with Crippen LogP contribution in [0.2, 0.25) is 0 Å². The predicted molar refractivity (Wildman–Crippen MR) is 94.7 cm³/mol. The van der Waals surface area contributed by atoms with Crippen LogP contribution in [0.3, 0.4) is 0 Å². The molecule has 6 nitrogen and oxygen atoms in total. The van der Waals surface area contributed by atoms with Gasteiger partial charge in [0.25, 0.3) is 0 Å². The molecule has 0 saturated heterocycles. The first-order valence-electron chi connectivity index (χ1n) is 8.28. The van der Waals surface area contributed by atoms with Crippen molar-refractivity contribution in [2.24, 2.45) is 5.92 Å². The molecule has 3 N–H and O–H groups in total. The van der Waals surface area contributed by atoms with Gasteiger partial charge in [0.1, 0.15) is 0 Å². The Morgan fingerprint density at radius 2 is 1.96 bits per heavy atom. The number of hydrogen-bond acceptors (Lipinski definition) is 3. The van der Waals surface area contributed by atoms with Crippen LogP contribution < -0.4 is 10.6 Å². The Hall–Kier alpha value is -2.34. The summed E-state index contributed by atoms with van der Waals surface area (Å²) in [6.45, 7) is 6.95. The van der Waals surface area contributed by atoms with Crippen LogP contribution in [-0.4, -0.2) is 34.1 Å². The number of benzene rings is 1. The maximum Gasteiger partial charge on any atom is 0.313 e. The fourth-order valence-electron chi connectivity index (χ4n) is 2.47. The third-order valence-corrected chi connectivity index (χ3v) is 4.07. The van der Waals surface area contributed by atoms with Gasteiger partial charge < -0.3 is 20.3 Å². The molecule has 0 bridgehead atoms. The van der Waals surface area contributed by atoms with Crippen LogP contribution in [0.15, 0.2) is 30.5 Å². The van der Waals surface area contributed by atoms with Crippen molar-refractivity contribution in [1.29, 1.82) is 0 Å². The predicted octanol–water partition coefficient (Wildman–Crippen LogP) is 2.12. The minimum absolute atomic E-state index is 0.122. The van der Waals surface area contributed by atoms with Crippen LogP contribution in [-0.2, 0) is 16.1 Å². The van der Waals surface area contributed by atoms with Gasteiger partial charge in [-0.1, -0.05) is 19.9 Å². The molecule has 1 aromatic heterocycles. The zero-order chi connectivity index (χ0) is 17.7. The van der Waals surface area contributed by atoms with Gasteiger partial charge in [0.2, 0.25) is 0 Å². The van der Waals surface area contributed by atoms with Gasteiger partial charge in [-0.05, 0) is 42.8 Å². The van der Waals surface area contributed by atoms with Crippen molar-refractivity contribution >= 4 is 28.4 Å². The first-order valence-corrected chi connectivity index (χ1v) is 8.28. The lowest BCUT2D eigenvalue weighted by Gasteiger charge is -2.14.